The Morgan fingerprint density at radius 2 is 2.00 bits per heavy atom. The van der Waals surface area contributed by atoms with E-state index in [-0.39, 0.29) is 10.7 Å². The molecule has 1 heterocycles. The summed E-state index contributed by atoms with van der Waals surface area (Å²) in [6.45, 7) is 0. The van der Waals surface area contributed by atoms with Crippen molar-refractivity contribution in [2.75, 3.05) is 12.8 Å². The predicted octanol–water partition coefficient (Wildman–Crippen LogP) is 2.77. The van der Waals surface area contributed by atoms with Gasteiger partial charge >= 0.3 is 5.97 Å². The number of benzene rings is 1. The molecule has 4 nitrogen and oxygen atoms in total. The van der Waals surface area contributed by atoms with Gasteiger partial charge in [-0.25, -0.2) is 9.78 Å². The molecule has 0 bridgehead atoms. The van der Waals surface area contributed by atoms with Crippen LogP contribution in [0.4, 0.5) is 5.69 Å². The molecule has 0 saturated heterocycles. The minimum absolute atomic E-state index is 0.0259. The molecule has 0 fully saturated rings. The Bertz CT molecular complexity index is 585. The highest BCUT2D eigenvalue weighted by atomic mass is 35.5. The van der Waals surface area contributed by atoms with Gasteiger partial charge in [0.2, 0.25) is 0 Å². The van der Waals surface area contributed by atoms with Crippen LogP contribution < -0.4 is 5.73 Å². The number of aromatic nitrogens is 1. The molecular formula is C13H11ClN2O2. The van der Waals surface area contributed by atoms with Crippen LogP contribution >= 0.6 is 11.6 Å². The van der Waals surface area contributed by atoms with E-state index in [1.54, 1.807) is 6.07 Å². The predicted molar refractivity (Wildman–Crippen MR) is 70.4 cm³/mol. The van der Waals surface area contributed by atoms with E-state index < -0.39 is 5.97 Å². The lowest BCUT2D eigenvalue weighted by molar-refractivity contribution is 0.0594. The summed E-state index contributed by atoms with van der Waals surface area (Å²) >= 11 is 5.94. The molecule has 2 rings (SSSR count). The molecule has 5 heteroatoms. The number of anilines is 1. The van der Waals surface area contributed by atoms with Crippen molar-refractivity contribution in [1.29, 1.82) is 0 Å². The number of carbonyl (C=O) groups is 1. The number of nitrogens with zero attached hydrogens (tertiary/aromatic N) is 1. The van der Waals surface area contributed by atoms with Gasteiger partial charge in [-0.05, 0) is 6.07 Å². The number of carbonyl (C=O) groups excluding carboxylic acids is 1. The van der Waals surface area contributed by atoms with E-state index in [1.165, 1.54) is 7.11 Å². The Hall–Kier alpha value is -2.07. The molecule has 0 spiro atoms. The summed E-state index contributed by atoms with van der Waals surface area (Å²) in [5.41, 5.74) is 7.53. The van der Waals surface area contributed by atoms with Crippen LogP contribution in [0.5, 0.6) is 0 Å². The van der Waals surface area contributed by atoms with Crippen LogP contribution in [0.15, 0.2) is 36.4 Å². The fraction of sp³-hybridized carbons (Fsp3) is 0.0769. The lowest BCUT2D eigenvalue weighted by atomic mass is 10.1. The lowest BCUT2D eigenvalue weighted by Crippen LogP contribution is -2.08. The number of hydrogen-bond acceptors (Lipinski definition) is 4. The van der Waals surface area contributed by atoms with Crippen LogP contribution in [-0.4, -0.2) is 18.1 Å². The Labute approximate surface area is 109 Å². The van der Waals surface area contributed by atoms with Gasteiger partial charge in [-0.1, -0.05) is 41.9 Å². The number of nitrogens with two attached hydrogens (primary N) is 1. The molecule has 2 N–H and O–H groups in total. The van der Waals surface area contributed by atoms with Gasteiger partial charge in [0, 0.05) is 5.56 Å². The summed E-state index contributed by atoms with van der Waals surface area (Å²) in [5.74, 6) is -0.607. The average molecular weight is 263 g/mol. The summed E-state index contributed by atoms with van der Waals surface area (Å²) in [7, 11) is 1.27. The monoisotopic (exact) mass is 262 g/mol. The summed E-state index contributed by atoms with van der Waals surface area (Å²) in [5, 5.41) is 0.113. The molecular weight excluding hydrogens is 252 g/mol. The van der Waals surface area contributed by atoms with E-state index in [0.29, 0.717) is 11.4 Å². The summed E-state index contributed by atoms with van der Waals surface area (Å²) in [6, 6.07) is 11.0. The van der Waals surface area contributed by atoms with Crippen LogP contribution in [0.25, 0.3) is 11.3 Å². The maximum atomic E-state index is 11.5. The first kappa shape index (κ1) is 12.4. The molecule has 18 heavy (non-hydrogen) atoms. The molecule has 1 aromatic heterocycles. The van der Waals surface area contributed by atoms with Crippen molar-refractivity contribution in [1.82, 2.24) is 4.98 Å². The second-order valence-electron chi connectivity index (χ2n) is 3.62. The zero-order valence-electron chi connectivity index (χ0n) is 9.68. The third kappa shape index (κ3) is 2.28. The van der Waals surface area contributed by atoms with Crippen LogP contribution in [-0.2, 0) is 4.74 Å². The first-order valence-electron chi connectivity index (χ1n) is 5.23. The molecule has 0 amide bonds. The SMILES string of the molecule is COC(=O)c1nc(-c2ccccc2)cc(N)c1Cl. The van der Waals surface area contributed by atoms with Gasteiger partial charge in [0.25, 0.3) is 0 Å². The molecule has 0 atom stereocenters. The minimum atomic E-state index is -0.607. The zero-order chi connectivity index (χ0) is 13.1. The van der Waals surface area contributed by atoms with Crippen molar-refractivity contribution < 1.29 is 9.53 Å². The summed E-state index contributed by atoms with van der Waals surface area (Å²) in [4.78, 5) is 15.7. The fourth-order valence-electron chi connectivity index (χ4n) is 1.54. The second-order valence-corrected chi connectivity index (χ2v) is 3.99. The van der Waals surface area contributed by atoms with Crippen molar-refractivity contribution in [3.63, 3.8) is 0 Å². The number of nitrogen functional groups attached to an aromatic ring is 1. The van der Waals surface area contributed by atoms with Gasteiger partial charge in [0.1, 0.15) is 0 Å². The second kappa shape index (κ2) is 5.06. The van der Waals surface area contributed by atoms with Crippen molar-refractivity contribution in [3.05, 3.63) is 47.1 Å². The van der Waals surface area contributed by atoms with Crippen molar-refractivity contribution >= 4 is 23.3 Å². The van der Waals surface area contributed by atoms with E-state index in [2.05, 4.69) is 9.72 Å². The molecule has 0 unspecified atom stereocenters. The highest BCUT2D eigenvalue weighted by molar-refractivity contribution is 6.35. The van der Waals surface area contributed by atoms with Crippen molar-refractivity contribution in [2.45, 2.75) is 0 Å². The number of esters is 1. The Morgan fingerprint density at radius 1 is 1.33 bits per heavy atom. The number of hydrogen-bond donors (Lipinski definition) is 1. The van der Waals surface area contributed by atoms with E-state index in [1.807, 2.05) is 30.3 Å². The molecule has 1 aromatic carbocycles. The Balaban J connectivity index is 2.58. The zero-order valence-corrected chi connectivity index (χ0v) is 10.4. The Morgan fingerprint density at radius 3 is 2.61 bits per heavy atom. The van der Waals surface area contributed by atoms with Gasteiger partial charge < -0.3 is 10.5 Å². The minimum Gasteiger partial charge on any atom is -0.464 e. The van der Waals surface area contributed by atoms with Crippen LogP contribution in [0.3, 0.4) is 0 Å². The molecule has 92 valence electrons. The van der Waals surface area contributed by atoms with E-state index in [0.717, 1.165) is 5.56 Å². The molecule has 0 radical (unpaired) electrons. The third-order valence-corrected chi connectivity index (χ3v) is 2.83. The highest BCUT2D eigenvalue weighted by Crippen LogP contribution is 2.28. The van der Waals surface area contributed by atoms with Crippen LogP contribution in [0.1, 0.15) is 10.5 Å². The molecule has 0 aliphatic heterocycles. The van der Waals surface area contributed by atoms with Crippen molar-refractivity contribution in [2.24, 2.45) is 0 Å². The maximum Gasteiger partial charge on any atom is 0.358 e. The first-order valence-corrected chi connectivity index (χ1v) is 5.61. The molecule has 0 aliphatic carbocycles. The van der Waals surface area contributed by atoms with Gasteiger partial charge in [-0.15, -0.1) is 0 Å². The van der Waals surface area contributed by atoms with E-state index in [9.17, 15) is 4.79 Å². The molecule has 0 saturated carbocycles. The van der Waals surface area contributed by atoms with Crippen LogP contribution in [0.2, 0.25) is 5.02 Å². The standard InChI is InChI=1S/C13H11ClN2O2/c1-18-13(17)12-11(14)9(15)7-10(16-12)8-5-3-2-4-6-8/h2-7H,1H3,(H2,15,16). The quantitative estimate of drug-likeness (QED) is 0.845. The van der Waals surface area contributed by atoms with Crippen LogP contribution in [0, 0.1) is 0 Å². The number of pyridine rings is 1. The molecule has 2 aromatic rings. The molecule has 0 aliphatic rings. The first-order chi connectivity index (χ1) is 8.63. The van der Waals surface area contributed by atoms with Gasteiger partial charge in [0.05, 0.1) is 23.5 Å². The summed E-state index contributed by atoms with van der Waals surface area (Å²) in [6.07, 6.45) is 0. The van der Waals surface area contributed by atoms with E-state index >= 15 is 0 Å². The fourth-order valence-corrected chi connectivity index (χ4v) is 1.71. The van der Waals surface area contributed by atoms with Crippen molar-refractivity contribution in [3.8, 4) is 11.3 Å². The van der Waals surface area contributed by atoms with Gasteiger partial charge in [0.15, 0.2) is 5.69 Å². The average Bonchev–Trinajstić information content (AvgIpc) is 2.41. The van der Waals surface area contributed by atoms with E-state index in [4.69, 9.17) is 17.3 Å². The lowest BCUT2D eigenvalue weighted by Gasteiger charge is -2.08. The smallest absolute Gasteiger partial charge is 0.358 e. The number of methoxy groups -OCH3 is 1. The largest absolute Gasteiger partial charge is 0.464 e. The summed E-state index contributed by atoms with van der Waals surface area (Å²) < 4.78 is 4.62. The third-order valence-electron chi connectivity index (χ3n) is 2.43. The normalized spacial score (nSPS) is 10.1. The topological polar surface area (TPSA) is 65.2 Å². The highest BCUT2D eigenvalue weighted by Gasteiger charge is 2.17. The maximum absolute atomic E-state index is 11.5. The number of ether oxygens (including phenoxy) is 1. The number of rotatable bonds is 2. The van der Waals surface area contributed by atoms with Gasteiger partial charge in [-0.2, -0.15) is 0 Å². The number of halogens is 1. The Kier molecular flexibility index (Phi) is 3.48. The van der Waals surface area contributed by atoms with Gasteiger partial charge in [-0.3, -0.25) is 0 Å².